The molecule has 0 bridgehead atoms. The Labute approximate surface area is 189 Å². The zero-order valence-corrected chi connectivity index (χ0v) is 18.4. The number of aliphatic imine (C=N–C) groups is 1. The second kappa shape index (κ2) is 9.19. The van der Waals surface area contributed by atoms with Crippen molar-refractivity contribution < 1.29 is 22.7 Å². The first-order valence-corrected chi connectivity index (χ1v) is 10.4. The van der Waals surface area contributed by atoms with Gasteiger partial charge in [-0.2, -0.15) is 13.2 Å². The van der Waals surface area contributed by atoms with Crippen molar-refractivity contribution in [3.05, 3.63) is 82.4 Å². The molecule has 33 heavy (non-hydrogen) atoms. The monoisotopic (exact) mass is 456 g/mol. The Hall–Kier alpha value is -3.46. The number of halogens is 3. The summed E-state index contributed by atoms with van der Waals surface area (Å²) in [7, 11) is 0. The Morgan fingerprint density at radius 1 is 1.12 bits per heavy atom. The van der Waals surface area contributed by atoms with Crippen LogP contribution in [0, 0.1) is 20.8 Å². The van der Waals surface area contributed by atoms with Gasteiger partial charge in [0.2, 0.25) is 0 Å². The van der Waals surface area contributed by atoms with Gasteiger partial charge in [-0.15, -0.1) is 0 Å². The van der Waals surface area contributed by atoms with Crippen molar-refractivity contribution in [2.75, 3.05) is 6.61 Å². The molecule has 1 aliphatic rings. The fraction of sp³-hybridized carbons (Fsp3) is 0.292. The van der Waals surface area contributed by atoms with Gasteiger partial charge in [-0.05, 0) is 56.5 Å². The molecule has 1 aromatic heterocycles. The molecule has 1 unspecified atom stereocenters. The zero-order chi connectivity index (χ0) is 23.6. The van der Waals surface area contributed by atoms with E-state index in [-0.39, 0.29) is 17.5 Å². The molecule has 4 rings (SSSR count). The highest BCUT2D eigenvalue weighted by atomic mass is 19.4. The number of hydrogen-bond donors (Lipinski definition) is 1. The topological polar surface area (TPSA) is 68.6 Å². The molecule has 2 heterocycles. The lowest BCUT2D eigenvalue weighted by molar-refractivity contribution is -0.137. The lowest BCUT2D eigenvalue weighted by atomic mass is 9.99. The van der Waals surface area contributed by atoms with Crippen LogP contribution in [0.15, 0.2) is 53.7 Å². The van der Waals surface area contributed by atoms with Gasteiger partial charge >= 0.3 is 6.18 Å². The Balaban J connectivity index is 1.62. The molecule has 0 fully saturated rings. The first-order valence-electron chi connectivity index (χ1n) is 10.4. The average Bonchev–Trinajstić information content (AvgIpc) is 2.77. The van der Waals surface area contributed by atoms with E-state index in [4.69, 9.17) is 14.6 Å². The van der Waals surface area contributed by atoms with Crippen LogP contribution in [-0.2, 0) is 17.4 Å². The SMILES string of the molecule is Cc1ccc(CC2CONC(c3nc(C)ncc3Oc3cccc(C(F)(F)F)c3)=N2)c(C)c1. The van der Waals surface area contributed by atoms with E-state index < -0.39 is 11.7 Å². The molecule has 0 aliphatic carbocycles. The highest BCUT2D eigenvalue weighted by Crippen LogP contribution is 2.33. The van der Waals surface area contributed by atoms with Crippen LogP contribution in [0.3, 0.4) is 0 Å². The third-order valence-electron chi connectivity index (χ3n) is 5.20. The maximum Gasteiger partial charge on any atom is 0.416 e. The molecular weight excluding hydrogens is 433 g/mol. The van der Waals surface area contributed by atoms with Gasteiger partial charge in [0, 0.05) is 0 Å². The average molecular weight is 456 g/mol. The minimum Gasteiger partial charge on any atom is -0.453 e. The fourth-order valence-corrected chi connectivity index (χ4v) is 3.56. The van der Waals surface area contributed by atoms with E-state index in [2.05, 4.69) is 40.6 Å². The summed E-state index contributed by atoms with van der Waals surface area (Å²) in [4.78, 5) is 18.8. The van der Waals surface area contributed by atoms with Crippen LogP contribution in [0.2, 0.25) is 0 Å². The zero-order valence-electron chi connectivity index (χ0n) is 18.4. The van der Waals surface area contributed by atoms with E-state index in [1.165, 1.54) is 35.0 Å². The predicted octanol–water partition coefficient (Wildman–Crippen LogP) is 5.11. The summed E-state index contributed by atoms with van der Waals surface area (Å²) in [5.74, 6) is 0.982. The summed E-state index contributed by atoms with van der Waals surface area (Å²) < 4.78 is 45.0. The van der Waals surface area contributed by atoms with E-state index in [1.54, 1.807) is 6.92 Å². The highest BCUT2D eigenvalue weighted by Gasteiger charge is 2.31. The van der Waals surface area contributed by atoms with Gasteiger partial charge in [-0.3, -0.25) is 9.83 Å². The number of benzene rings is 2. The fourth-order valence-electron chi connectivity index (χ4n) is 3.56. The number of aryl methyl sites for hydroxylation is 3. The number of rotatable bonds is 5. The summed E-state index contributed by atoms with van der Waals surface area (Å²) in [6, 6.07) is 10.7. The Morgan fingerprint density at radius 3 is 2.70 bits per heavy atom. The molecule has 2 aromatic carbocycles. The molecule has 3 aromatic rings. The number of alkyl halides is 3. The second-order valence-electron chi connectivity index (χ2n) is 7.94. The van der Waals surface area contributed by atoms with Gasteiger partial charge in [0.15, 0.2) is 17.3 Å². The van der Waals surface area contributed by atoms with Crippen LogP contribution in [0.5, 0.6) is 11.5 Å². The smallest absolute Gasteiger partial charge is 0.416 e. The summed E-state index contributed by atoms with van der Waals surface area (Å²) in [6.45, 7) is 6.17. The minimum atomic E-state index is -4.48. The van der Waals surface area contributed by atoms with Crippen molar-refractivity contribution in [2.45, 2.75) is 39.4 Å². The quantitative estimate of drug-likeness (QED) is 0.578. The molecule has 0 spiro atoms. The van der Waals surface area contributed by atoms with Gasteiger partial charge in [-0.1, -0.05) is 29.8 Å². The number of hydroxylamine groups is 1. The number of aromatic nitrogens is 2. The molecule has 0 radical (unpaired) electrons. The molecule has 1 N–H and O–H groups in total. The molecule has 9 heteroatoms. The van der Waals surface area contributed by atoms with Crippen molar-refractivity contribution in [3.63, 3.8) is 0 Å². The number of nitrogens with one attached hydrogen (secondary N) is 1. The van der Waals surface area contributed by atoms with Gasteiger partial charge in [0.05, 0.1) is 24.4 Å². The van der Waals surface area contributed by atoms with E-state index in [0.717, 1.165) is 12.1 Å². The molecule has 0 saturated carbocycles. The van der Waals surface area contributed by atoms with Gasteiger partial charge in [0.1, 0.15) is 11.6 Å². The summed E-state index contributed by atoms with van der Waals surface area (Å²) in [5.41, 5.74) is 5.80. The minimum absolute atomic E-state index is 0.0164. The van der Waals surface area contributed by atoms with Crippen molar-refractivity contribution in [1.29, 1.82) is 0 Å². The van der Waals surface area contributed by atoms with Crippen LogP contribution < -0.4 is 10.2 Å². The maximum absolute atomic E-state index is 13.1. The Bertz CT molecular complexity index is 1190. The summed E-state index contributed by atoms with van der Waals surface area (Å²) >= 11 is 0. The number of hydrogen-bond acceptors (Lipinski definition) is 6. The van der Waals surface area contributed by atoms with E-state index in [1.807, 2.05) is 6.92 Å². The van der Waals surface area contributed by atoms with E-state index >= 15 is 0 Å². The van der Waals surface area contributed by atoms with E-state index in [0.29, 0.717) is 30.4 Å². The molecule has 1 atom stereocenters. The third-order valence-corrected chi connectivity index (χ3v) is 5.20. The molecule has 6 nitrogen and oxygen atoms in total. The van der Waals surface area contributed by atoms with Crippen LogP contribution >= 0.6 is 0 Å². The van der Waals surface area contributed by atoms with Gasteiger partial charge in [-0.25, -0.2) is 15.4 Å². The van der Waals surface area contributed by atoms with Crippen LogP contribution in [-0.4, -0.2) is 28.5 Å². The third kappa shape index (κ3) is 5.48. The van der Waals surface area contributed by atoms with Crippen LogP contribution in [0.1, 0.15) is 33.8 Å². The van der Waals surface area contributed by atoms with E-state index in [9.17, 15) is 13.2 Å². The first kappa shape index (κ1) is 22.7. The first-order chi connectivity index (χ1) is 15.7. The molecule has 172 valence electrons. The summed E-state index contributed by atoms with van der Waals surface area (Å²) in [5, 5.41) is 0. The van der Waals surface area contributed by atoms with Crippen molar-refractivity contribution in [2.24, 2.45) is 4.99 Å². The van der Waals surface area contributed by atoms with Gasteiger partial charge in [0.25, 0.3) is 0 Å². The number of nitrogens with zero attached hydrogens (tertiary/aromatic N) is 3. The molecule has 1 aliphatic heterocycles. The Morgan fingerprint density at radius 2 is 1.94 bits per heavy atom. The normalized spacial score (nSPS) is 16.2. The molecule has 0 amide bonds. The second-order valence-corrected chi connectivity index (χ2v) is 7.94. The lowest BCUT2D eigenvalue weighted by Gasteiger charge is -2.23. The van der Waals surface area contributed by atoms with Crippen molar-refractivity contribution >= 4 is 5.84 Å². The lowest BCUT2D eigenvalue weighted by Crippen LogP contribution is -2.37. The summed E-state index contributed by atoms with van der Waals surface area (Å²) in [6.07, 6.45) is -2.39. The van der Waals surface area contributed by atoms with Crippen LogP contribution in [0.4, 0.5) is 13.2 Å². The predicted molar refractivity (Wildman–Crippen MR) is 117 cm³/mol. The van der Waals surface area contributed by atoms with Gasteiger partial charge < -0.3 is 4.74 Å². The molecule has 0 saturated heterocycles. The number of amidine groups is 1. The standard InChI is InChI=1S/C24H23F3N4O2/c1-14-7-8-17(15(2)9-14)10-19-13-32-31-23(30-19)22-21(12-28-16(3)29-22)33-20-6-4-5-18(11-20)24(25,26)27/h4-9,11-12,19H,10,13H2,1-3H3,(H,30,31). The maximum atomic E-state index is 13.1. The highest BCUT2D eigenvalue weighted by molar-refractivity contribution is 5.99. The Kier molecular flexibility index (Phi) is 6.33. The van der Waals surface area contributed by atoms with Crippen molar-refractivity contribution in [3.8, 4) is 11.5 Å². The number of ether oxygens (including phenoxy) is 1. The van der Waals surface area contributed by atoms with Crippen molar-refractivity contribution in [1.82, 2.24) is 15.4 Å². The molecular formula is C24H23F3N4O2. The van der Waals surface area contributed by atoms with Crippen LogP contribution in [0.25, 0.3) is 0 Å². The largest absolute Gasteiger partial charge is 0.453 e.